The Morgan fingerprint density at radius 3 is 2.83 bits per heavy atom. The summed E-state index contributed by atoms with van der Waals surface area (Å²) < 4.78 is 0. The van der Waals surface area contributed by atoms with E-state index in [0.717, 1.165) is 37.7 Å². The van der Waals surface area contributed by atoms with Gasteiger partial charge in [0.1, 0.15) is 5.75 Å². The van der Waals surface area contributed by atoms with Gasteiger partial charge in [0.15, 0.2) is 0 Å². The molecule has 126 valence electrons. The van der Waals surface area contributed by atoms with E-state index in [-0.39, 0.29) is 0 Å². The van der Waals surface area contributed by atoms with Gasteiger partial charge in [0, 0.05) is 24.5 Å². The Morgan fingerprint density at radius 1 is 1.22 bits per heavy atom. The van der Waals surface area contributed by atoms with E-state index in [9.17, 15) is 5.11 Å². The van der Waals surface area contributed by atoms with Crippen molar-refractivity contribution in [2.24, 2.45) is 5.92 Å². The van der Waals surface area contributed by atoms with Crippen molar-refractivity contribution in [2.75, 3.05) is 24.5 Å². The van der Waals surface area contributed by atoms with Gasteiger partial charge in [-0.05, 0) is 75.3 Å². The molecule has 1 heterocycles. The topological polar surface area (TPSA) is 35.5 Å². The van der Waals surface area contributed by atoms with Gasteiger partial charge in [0.2, 0.25) is 0 Å². The number of piperidine rings is 1. The third-order valence-corrected chi connectivity index (χ3v) is 6.84. The molecule has 0 unspecified atom stereocenters. The van der Waals surface area contributed by atoms with E-state index in [1.165, 1.54) is 43.2 Å². The molecule has 3 heteroatoms. The first-order chi connectivity index (χ1) is 11.2. The molecule has 3 nitrogen and oxygen atoms in total. The fourth-order valence-electron chi connectivity index (χ4n) is 5.78. The summed E-state index contributed by atoms with van der Waals surface area (Å²) in [5.41, 5.74) is 4.33. The van der Waals surface area contributed by atoms with Crippen LogP contribution in [0.1, 0.15) is 57.1 Å². The van der Waals surface area contributed by atoms with Crippen LogP contribution < -0.4 is 10.2 Å². The quantitative estimate of drug-likeness (QED) is 0.895. The van der Waals surface area contributed by atoms with Crippen LogP contribution in [-0.2, 0) is 11.8 Å². The summed E-state index contributed by atoms with van der Waals surface area (Å²) in [5, 5.41) is 14.5. The van der Waals surface area contributed by atoms with Crippen LogP contribution >= 0.6 is 0 Å². The van der Waals surface area contributed by atoms with Crippen LogP contribution in [0.3, 0.4) is 0 Å². The van der Waals surface area contributed by atoms with Gasteiger partial charge in [0.05, 0.1) is 5.69 Å². The van der Waals surface area contributed by atoms with Gasteiger partial charge in [-0.15, -0.1) is 0 Å². The highest BCUT2D eigenvalue weighted by Gasteiger charge is 2.51. The maximum atomic E-state index is 10.7. The van der Waals surface area contributed by atoms with Crippen molar-refractivity contribution in [3.63, 3.8) is 0 Å². The highest BCUT2D eigenvalue weighted by atomic mass is 16.3. The Kier molecular flexibility index (Phi) is 3.79. The van der Waals surface area contributed by atoms with Gasteiger partial charge in [-0.2, -0.15) is 0 Å². The fraction of sp³-hybridized carbons (Fsp3) is 0.700. The Morgan fingerprint density at radius 2 is 2.04 bits per heavy atom. The predicted molar refractivity (Wildman–Crippen MR) is 95.4 cm³/mol. The molecule has 2 fully saturated rings. The maximum Gasteiger partial charge on any atom is 0.139 e. The van der Waals surface area contributed by atoms with Crippen LogP contribution in [0, 0.1) is 5.92 Å². The lowest BCUT2D eigenvalue weighted by Gasteiger charge is -2.56. The van der Waals surface area contributed by atoms with E-state index in [0.29, 0.717) is 17.2 Å². The largest absolute Gasteiger partial charge is 0.506 e. The van der Waals surface area contributed by atoms with Crippen molar-refractivity contribution in [3.05, 3.63) is 23.3 Å². The SMILES string of the molecule is CCN(CC)c1cc2c(cc1O)[C@@]13CCCC[C@H]1[C@@H](C2)NCC3. The number of phenolic OH excluding ortho intramolecular Hbond substituents is 1. The number of hydrogen-bond donors (Lipinski definition) is 2. The third kappa shape index (κ3) is 2.20. The maximum absolute atomic E-state index is 10.7. The molecule has 2 N–H and O–H groups in total. The van der Waals surface area contributed by atoms with Gasteiger partial charge in [-0.3, -0.25) is 0 Å². The highest BCUT2D eigenvalue weighted by Crippen LogP contribution is 2.55. The number of phenols is 1. The summed E-state index contributed by atoms with van der Waals surface area (Å²) in [6.07, 6.45) is 7.77. The molecule has 23 heavy (non-hydrogen) atoms. The molecule has 1 aromatic rings. The molecule has 1 aliphatic heterocycles. The summed E-state index contributed by atoms with van der Waals surface area (Å²) in [6, 6.07) is 5.08. The Labute approximate surface area is 140 Å². The average molecular weight is 314 g/mol. The van der Waals surface area contributed by atoms with Crippen LogP contribution in [0.5, 0.6) is 5.75 Å². The lowest BCUT2D eigenvalue weighted by atomic mass is 9.53. The van der Waals surface area contributed by atoms with Gasteiger partial charge < -0.3 is 15.3 Å². The minimum absolute atomic E-state index is 0.334. The molecular weight excluding hydrogens is 284 g/mol. The van der Waals surface area contributed by atoms with E-state index in [4.69, 9.17) is 0 Å². The number of nitrogens with one attached hydrogen (secondary N) is 1. The van der Waals surface area contributed by atoms with Crippen molar-refractivity contribution in [1.29, 1.82) is 0 Å². The second-order valence-corrected chi connectivity index (χ2v) is 7.69. The van der Waals surface area contributed by atoms with E-state index in [2.05, 4.69) is 36.2 Å². The van der Waals surface area contributed by atoms with E-state index < -0.39 is 0 Å². The molecule has 3 aliphatic rings. The number of fused-ring (bicyclic) bond motifs is 1. The minimum atomic E-state index is 0.334. The normalized spacial score (nSPS) is 32.1. The Balaban J connectivity index is 1.83. The van der Waals surface area contributed by atoms with Gasteiger partial charge in [-0.1, -0.05) is 12.8 Å². The first kappa shape index (κ1) is 15.3. The van der Waals surface area contributed by atoms with Crippen molar-refractivity contribution < 1.29 is 5.11 Å². The average Bonchev–Trinajstić information content (AvgIpc) is 2.57. The Bertz CT molecular complexity index is 592. The standard InChI is InChI=1S/C20H30N2O/c1-3-22(4-2)18-12-14-11-17-15-7-5-6-8-20(15,9-10-21-17)16(14)13-19(18)23/h12-13,15,17,21,23H,3-11H2,1-2H3/t15-,17+,20+/m0/s1. The molecule has 0 amide bonds. The number of anilines is 1. The molecule has 1 saturated carbocycles. The predicted octanol–water partition coefficient (Wildman–Crippen LogP) is 3.58. The molecule has 1 saturated heterocycles. The zero-order valence-electron chi connectivity index (χ0n) is 14.6. The van der Waals surface area contributed by atoms with E-state index >= 15 is 0 Å². The number of nitrogens with zero attached hydrogens (tertiary/aromatic N) is 1. The highest BCUT2D eigenvalue weighted by molar-refractivity contribution is 5.63. The zero-order chi connectivity index (χ0) is 16.0. The van der Waals surface area contributed by atoms with Crippen LogP contribution in [0.4, 0.5) is 5.69 Å². The summed E-state index contributed by atoms with van der Waals surface area (Å²) >= 11 is 0. The molecule has 1 aromatic carbocycles. The fourth-order valence-corrected chi connectivity index (χ4v) is 5.78. The van der Waals surface area contributed by atoms with Crippen LogP contribution in [0.25, 0.3) is 0 Å². The lowest BCUT2D eigenvalue weighted by molar-refractivity contribution is 0.0795. The minimum Gasteiger partial charge on any atom is -0.506 e. The molecule has 3 atom stereocenters. The Hall–Kier alpha value is -1.22. The monoisotopic (exact) mass is 314 g/mol. The number of aromatic hydroxyl groups is 1. The number of hydrogen-bond acceptors (Lipinski definition) is 3. The number of benzene rings is 1. The first-order valence-electron chi connectivity index (χ1n) is 9.54. The third-order valence-electron chi connectivity index (χ3n) is 6.84. The summed E-state index contributed by atoms with van der Waals surface area (Å²) in [7, 11) is 0. The second kappa shape index (κ2) is 5.70. The zero-order valence-corrected chi connectivity index (χ0v) is 14.6. The molecule has 0 radical (unpaired) electrons. The molecule has 2 aliphatic carbocycles. The van der Waals surface area contributed by atoms with Crippen LogP contribution in [-0.4, -0.2) is 30.8 Å². The molecule has 4 rings (SSSR count). The van der Waals surface area contributed by atoms with Gasteiger partial charge in [-0.25, -0.2) is 0 Å². The number of rotatable bonds is 3. The summed E-state index contributed by atoms with van der Waals surface area (Å²) in [4.78, 5) is 2.27. The van der Waals surface area contributed by atoms with E-state index in [1.54, 1.807) is 0 Å². The summed E-state index contributed by atoms with van der Waals surface area (Å²) in [5.74, 6) is 1.26. The van der Waals surface area contributed by atoms with Gasteiger partial charge >= 0.3 is 0 Å². The first-order valence-corrected chi connectivity index (χ1v) is 9.54. The van der Waals surface area contributed by atoms with Crippen LogP contribution in [0.2, 0.25) is 0 Å². The van der Waals surface area contributed by atoms with Gasteiger partial charge in [0.25, 0.3) is 0 Å². The smallest absolute Gasteiger partial charge is 0.139 e. The van der Waals surface area contributed by atoms with Crippen molar-refractivity contribution in [3.8, 4) is 5.75 Å². The second-order valence-electron chi connectivity index (χ2n) is 7.69. The molecule has 0 spiro atoms. The van der Waals surface area contributed by atoms with Crippen molar-refractivity contribution in [2.45, 2.75) is 63.8 Å². The molecule has 2 bridgehead atoms. The molecular formula is C20H30N2O. The summed E-state index contributed by atoms with van der Waals surface area (Å²) in [6.45, 7) is 7.35. The van der Waals surface area contributed by atoms with Crippen molar-refractivity contribution in [1.82, 2.24) is 5.32 Å². The molecule has 0 aromatic heterocycles. The van der Waals surface area contributed by atoms with Crippen LogP contribution in [0.15, 0.2) is 12.1 Å². The lowest BCUT2D eigenvalue weighted by Crippen LogP contribution is -2.59. The van der Waals surface area contributed by atoms with E-state index in [1.807, 2.05) is 0 Å². The van der Waals surface area contributed by atoms with Crippen molar-refractivity contribution >= 4 is 5.69 Å².